The van der Waals surface area contributed by atoms with Crippen molar-refractivity contribution in [3.05, 3.63) is 70.9 Å². The lowest BCUT2D eigenvalue weighted by atomic mass is 10.1. The van der Waals surface area contributed by atoms with Gasteiger partial charge in [0.25, 0.3) is 0 Å². The first kappa shape index (κ1) is 23.7. The highest BCUT2D eigenvalue weighted by Crippen LogP contribution is 2.29. The van der Waals surface area contributed by atoms with Crippen LogP contribution in [0.25, 0.3) is 0 Å². The van der Waals surface area contributed by atoms with Crippen LogP contribution >= 0.6 is 23.1 Å². The standard InChI is InChI=1S/C23H26N4O3S2/c1-4-13-27-19(12-11-16-9-7-6-8-10-16)25-26-23(27)31-15-20(28)24-21-18(22(29)30-3)14-17(5-2)32-21/h4,6-10,14H,1,5,11-13,15H2,2-3H3,(H,24,28). The number of aromatic nitrogens is 3. The topological polar surface area (TPSA) is 86.1 Å². The molecule has 0 fully saturated rings. The first-order valence-corrected chi connectivity index (χ1v) is 12.1. The molecule has 1 N–H and O–H groups in total. The van der Waals surface area contributed by atoms with Gasteiger partial charge < -0.3 is 14.6 Å². The largest absolute Gasteiger partial charge is 0.465 e. The summed E-state index contributed by atoms with van der Waals surface area (Å²) in [5, 5.41) is 12.6. The summed E-state index contributed by atoms with van der Waals surface area (Å²) in [6, 6.07) is 12.0. The van der Waals surface area contributed by atoms with E-state index in [9.17, 15) is 9.59 Å². The molecule has 9 heteroatoms. The molecule has 2 heterocycles. The fourth-order valence-electron chi connectivity index (χ4n) is 3.09. The third-order valence-corrected chi connectivity index (χ3v) is 6.87. The van der Waals surface area contributed by atoms with Crippen molar-refractivity contribution in [1.29, 1.82) is 0 Å². The van der Waals surface area contributed by atoms with Gasteiger partial charge in [-0.1, -0.05) is 55.1 Å². The van der Waals surface area contributed by atoms with Crippen molar-refractivity contribution < 1.29 is 14.3 Å². The number of benzene rings is 1. The summed E-state index contributed by atoms with van der Waals surface area (Å²) in [5.74, 6) is 0.324. The van der Waals surface area contributed by atoms with Crippen molar-refractivity contribution in [2.45, 2.75) is 37.9 Å². The lowest BCUT2D eigenvalue weighted by Crippen LogP contribution is -2.16. The Morgan fingerprint density at radius 2 is 2.03 bits per heavy atom. The van der Waals surface area contributed by atoms with E-state index in [1.54, 1.807) is 12.1 Å². The van der Waals surface area contributed by atoms with Gasteiger partial charge in [0, 0.05) is 17.8 Å². The highest BCUT2D eigenvalue weighted by atomic mass is 32.2. The van der Waals surface area contributed by atoms with Gasteiger partial charge in [-0.05, 0) is 24.5 Å². The number of esters is 1. The Morgan fingerprint density at radius 3 is 2.72 bits per heavy atom. The highest BCUT2D eigenvalue weighted by molar-refractivity contribution is 7.99. The van der Waals surface area contributed by atoms with Gasteiger partial charge in [0.1, 0.15) is 10.8 Å². The quantitative estimate of drug-likeness (QED) is 0.254. The van der Waals surface area contributed by atoms with Crippen molar-refractivity contribution in [3.8, 4) is 0 Å². The van der Waals surface area contributed by atoms with Crippen molar-refractivity contribution in [1.82, 2.24) is 14.8 Å². The smallest absolute Gasteiger partial charge is 0.340 e. The number of carbonyl (C=O) groups excluding carboxylic acids is 2. The Morgan fingerprint density at radius 1 is 1.25 bits per heavy atom. The van der Waals surface area contributed by atoms with E-state index in [1.165, 1.54) is 35.8 Å². The maximum Gasteiger partial charge on any atom is 0.340 e. The van der Waals surface area contributed by atoms with E-state index in [0.717, 1.165) is 30.0 Å². The summed E-state index contributed by atoms with van der Waals surface area (Å²) < 4.78 is 6.81. The molecule has 0 atom stereocenters. The molecule has 0 aliphatic rings. The molecule has 7 nitrogen and oxygen atoms in total. The second-order valence-electron chi connectivity index (χ2n) is 6.92. The summed E-state index contributed by atoms with van der Waals surface area (Å²) in [6.45, 7) is 6.39. The minimum absolute atomic E-state index is 0.147. The second-order valence-corrected chi connectivity index (χ2v) is 9.00. The molecule has 1 amide bonds. The van der Waals surface area contributed by atoms with Gasteiger partial charge in [-0.15, -0.1) is 28.1 Å². The van der Waals surface area contributed by atoms with Crippen LogP contribution in [0.15, 0.2) is 54.2 Å². The number of carbonyl (C=O) groups is 2. The summed E-state index contributed by atoms with van der Waals surface area (Å²) in [6.07, 6.45) is 4.17. The van der Waals surface area contributed by atoms with Crippen LogP contribution in [0.2, 0.25) is 0 Å². The van der Waals surface area contributed by atoms with Crippen LogP contribution in [0, 0.1) is 0 Å². The number of ether oxygens (including phenoxy) is 1. The fourth-order valence-corrected chi connectivity index (χ4v) is 4.85. The number of amides is 1. The lowest BCUT2D eigenvalue weighted by Gasteiger charge is -2.08. The molecule has 0 spiro atoms. The number of aryl methyl sites for hydroxylation is 3. The van der Waals surface area contributed by atoms with Gasteiger partial charge >= 0.3 is 5.97 Å². The summed E-state index contributed by atoms with van der Waals surface area (Å²) in [7, 11) is 1.33. The third kappa shape index (κ3) is 6.08. The molecular formula is C23H26N4O3S2. The van der Waals surface area contributed by atoms with Crippen LogP contribution in [0.3, 0.4) is 0 Å². The number of thioether (sulfide) groups is 1. The van der Waals surface area contributed by atoms with E-state index in [0.29, 0.717) is 22.3 Å². The zero-order chi connectivity index (χ0) is 22.9. The Bertz CT molecular complexity index is 1080. The molecule has 0 unspecified atom stereocenters. The number of allylic oxidation sites excluding steroid dienone is 1. The predicted molar refractivity (Wildman–Crippen MR) is 128 cm³/mol. The molecule has 2 aromatic heterocycles. The van der Waals surface area contributed by atoms with E-state index in [-0.39, 0.29) is 11.7 Å². The van der Waals surface area contributed by atoms with Crippen LogP contribution in [-0.4, -0.2) is 39.5 Å². The number of thiophene rings is 1. The van der Waals surface area contributed by atoms with Crippen LogP contribution in [0.1, 0.15) is 33.5 Å². The van der Waals surface area contributed by atoms with Gasteiger partial charge in [0.15, 0.2) is 5.16 Å². The number of hydrogen-bond acceptors (Lipinski definition) is 7. The number of methoxy groups -OCH3 is 1. The molecule has 1 aromatic carbocycles. The molecule has 168 valence electrons. The Balaban J connectivity index is 1.64. The minimum Gasteiger partial charge on any atom is -0.465 e. The van der Waals surface area contributed by atoms with E-state index < -0.39 is 5.97 Å². The van der Waals surface area contributed by atoms with Gasteiger partial charge in [-0.25, -0.2) is 4.79 Å². The van der Waals surface area contributed by atoms with Gasteiger partial charge in [0.2, 0.25) is 5.91 Å². The molecule has 0 bridgehead atoms. The van der Waals surface area contributed by atoms with Crippen molar-refractivity contribution >= 4 is 40.0 Å². The first-order valence-electron chi connectivity index (χ1n) is 10.3. The fraction of sp³-hybridized carbons (Fsp3) is 0.304. The lowest BCUT2D eigenvalue weighted by molar-refractivity contribution is -0.113. The summed E-state index contributed by atoms with van der Waals surface area (Å²) in [4.78, 5) is 25.6. The molecule has 3 rings (SSSR count). The van der Waals surface area contributed by atoms with Crippen LogP contribution in [0.4, 0.5) is 5.00 Å². The highest BCUT2D eigenvalue weighted by Gasteiger charge is 2.19. The first-order chi connectivity index (χ1) is 15.5. The Labute approximate surface area is 195 Å². The zero-order valence-electron chi connectivity index (χ0n) is 18.2. The van der Waals surface area contributed by atoms with Gasteiger partial charge in [-0.2, -0.15) is 0 Å². The number of anilines is 1. The SMILES string of the molecule is C=CCn1c(CCc2ccccc2)nnc1SCC(=O)Nc1sc(CC)cc1C(=O)OC. The second kappa shape index (κ2) is 11.6. The van der Waals surface area contributed by atoms with Crippen LogP contribution in [-0.2, 0) is 35.3 Å². The maximum atomic E-state index is 12.6. The zero-order valence-corrected chi connectivity index (χ0v) is 19.8. The summed E-state index contributed by atoms with van der Waals surface area (Å²) in [5.41, 5.74) is 1.61. The third-order valence-electron chi connectivity index (χ3n) is 4.71. The number of rotatable bonds is 11. The van der Waals surface area contributed by atoms with E-state index >= 15 is 0 Å². The van der Waals surface area contributed by atoms with Crippen LogP contribution < -0.4 is 5.32 Å². The molecule has 0 saturated carbocycles. The molecule has 0 radical (unpaired) electrons. The number of nitrogens with one attached hydrogen (secondary N) is 1. The van der Waals surface area contributed by atoms with E-state index in [1.807, 2.05) is 29.7 Å². The van der Waals surface area contributed by atoms with E-state index in [2.05, 4.69) is 34.2 Å². The Hall–Kier alpha value is -2.91. The van der Waals surface area contributed by atoms with Crippen molar-refractivity contribution in [3.63, 3.8) is 0 Å². The average Bonchev–Trinajstić information content (AvgIpc) is 3.40. The average molecular weight is 471 g/mol. The van der Waals surface area contributed by atoms with Gasteiger partial charge in [0.05, 0.1) is 18.4 Å². The van der Waals surface area contributed by atoms with Crippen molar-refractivity contribution in [2.75, 3.05) is 18.2 Å². The predicted octanol–water partition coefficient (Wildman–Crippen LogP) is 4.39. The molecule has 0 saturated heterocycles. The van der Waals surface area contributed by atoms with E-state index in [4.69, 9.17) is 4.74 Å². The van der Waals surface area contributed by atoms with Crippen LogP contribution in [0.5, 0.6) is 0 Å². The maximum absolute atomic E-state index is 12.6. The minimum atomic E-state index is -0.460. The number of nitrogens with zero attached hydrogens (tertiary/aromatic N) is 3. The summed E-state index contributed by atoms with van der Waals surface area (Å²) >= 11 is 2.69. The molecule has 0 aliphatic heterocycles. The molecular weight excluding hydrogens is 444 g/mol. The monoisotopic (exact) mass is 470 g/mol. The normalized spacial score (nSPS) is 10.7. The molecule has 0 aliphatic carbocycles. The van der Waals surface area contributed by atoms with Gasteiger partial charge in [-0.3, -0.25) is 4.79 Å². The van der Waals surface area contributed by atoms with Crippen molar-refractivity contribution in [2.24, 2.45) is 0 Å². The number of hydrogen-bond donors (Lipinski definition) is 1. The Kier molecular flexibility index (Phi) is 8.64. The molecule has 3 aromatic rings. The molecule has 32 heavy (non-hydrogen) atoms.